The van der Waals surface area contributed by atoms with Crippen LogP contribution in [0.2, 0.25) is 0 Å². The fourth-order valence-electron chi connectivity index (χ4n) is 0.140. The second-order valence-corrected chi connectivity index (χ2v) is 1.65. The highest BCUT2D eigenvalue weighted by atomic mass is 79.9. The summed E-state index contributed by atoms with van der Waals surface area (Å²) in [6.07, 6.45) is 3.05. The third kappa shape index (κ3) is 11.3. The number of hydrogen-bond donors (Lipinski definition) is 0. The van der Waals surface area contributed by atoms with Crippen molar-refractivity contribution in [1.29, 1.82) is 0 Å². The molecule has 0 unspecified atom stereocenters. The van der Waals surface area contributed by atoms with Gasteiger partial charge in [-0.1, -0.05) is 27.0 Å². The second kappa shape index (κ2) is 10.6. The van der Waals surface area contributed by atoms with Gasteiger partial charge >= 0.3 is 0 Å². The number of rotatable bonds is 2. The first-order valence-corrected chi connectivity index (χ1v) is 3.57. The number of aliphatic imine (C=N–C) groups is 1. The van der Waals surface area contributed by atoms with Gasteiger partial charge in [-0.3, -0.25) is 4.99 Å². The minimum Gasteiger partial charge on any atom is -0.250 e. The van der Waals surface area contributed by atoms with E-state index in [1.807, 2.05) is 13.8 Å². The standard InChI is InChI=1S/C5H6BrN.C2H6/c1-3-5(6)7-4-2;1-2/h3-4H,1-2H2;1-2H3. The molecule has 0 saturated carbocycles. The Bertz CT molecular complexity index is 105. The summed E-state index contributed by atoms with van der Waals surface area (Å²) in [7, 11) is 0. The van der Waals surface area contributed by atoms with Crippen molar-refractivity contribution in [1.82, 2.24) is 0 Å². The lowest BCUT2D eigenvalue weighted by molar-refractivity contribution is 1.50. The molecule has 9 heavy (non-hydrogen) atoms. The SMILES string of the molecule is C=CN=C(Br)C=C.CC. The molecule has 0 bridgehead atoms. The summed E-state index contributed by atoms with van der Waals surface area (Å²) in [4.78, 5) is 3.72. The van der Waals surface area contributed by atoms with Gasteiger partial charge in [0.15, 0.2) is 0 Å². The molecule has 0 saturated heterocycles. The molecule has 0 atom stereocenters. The average molecular weight is 190 g/mol. The van der Waals surface area contributed by atoms with Gasteiger partial charge in [-0.2, -0.15) is 0 Å². The van der Waals surface area contributed by atoms with Crippen LogP contribution in [-0.2, 0) is 0 Å². The molecule has 0 spiro atoms. The van der Waals surface area contributed by atoms with Gasteiger partial charge in [0, 0.05) is 6.20 Å². The van der Waals surface area contributed by atoms with Gasteiger partial charge in [0.05, 0.1) is 0 Å². The quantitative estimate of drug-likeness (QED) is 0.593. The van der Waals surface area contributed by atoms with E-state index < -0.39 is 0 Å². The molecule has 0 rings (SSSR count). The lowest BCUT2D eigenvalue weighted by Crippen LogP contribution is -1.70. The average Bonchev–Trinajstić information content (AvgIpc) is 1.93. The van der Waals surface area contributed by atoms with Gasteiger partial charge in [-0.05, 0) is 22.0 Å². The van der Waals surface area contributed by atoms with Crippen molar-refractivity contribution in [3.05, 3.63) is 25.4 Å². The molecule has 0 radical (unpaired) electrons. The summed E-state index contributed by atoms with van der Waals surface area (Å²) >= 11 is 3.10. The van der Waals surface area contributed by atoms with Crippen LogP contribution in [0.4, 0.5) is 0 Å². The smallest absolute Gasteiger partial charge is 0.105 e. The molecule has 0 aliphatic carbocycles. The first-order chi connectivity index (χ1) is 4.31. The molecule has 1 nitrogen and oxygen atoms in total. The Morgan fingerprint density at radius 1 is 1.44 bits per heavy atom. The predicted molar refractivity (Wildman–Crippen MR) is 48.1 cm³/mol. The maximum absolute atomic E-state index is 3.72. The molecule has 0 aromatic carbocycles. The van der Waals surface area contributed by atoms with Gasteiger partial charge in [0.2, 0.25) is 0 Å². The van der Waals surface area contributed by atoms with E-state index in [0.29, 0.717) is 4.62 Å². The first-order valence-electron chi connectivity index (χ1n) is 2.78. The van der Waals surface area contributed by atoms with Gasteiger partial charge in [0.1, 0.15) is 4.62 Å². The Kier molecular flexibility index (Phi) is 13.4. The predicted octanol–water partition coefficient (Wildman–Crippen LogP) is 3.14. The molecule has 0 aliphatic heterocycles. The summed E-state index contributed by atoms with van der Waals surface area (Å²) in [6, 6.07) is 0. The molecule has 0 amide bonds. The van der Waals surface area contributed by atoms with Crippen LogP contribution in [0.3, 0.4) is 0 Å². The number of allylic oxidation sites excluding steroid dienone is 1. The maximum atomic E-state index is 3.72. The van der Waals surface area contributed by atoms with Crippen molar-refractivity contribution in [2.24, 2.45) is 4.99 Å². The van der Waals surface area contributed by atoms with Gasteiger partial charge < -0.3 is 0 Å². The van der Waals surface area contributed by atoms with Crippen LogP contribution in [0.1, 0.15) is 13.8 Å². The topological polar surface area (TPSA) is 12.4 Å². The highest BCUT2D eigenvalue weighted by Gasteiger charge is 1.73. The molecule has 0 N–H and O–H groups in total. The zero-order chi connectivity index (χ0) is 7.70. The Morgan fingerprint density at radius 3 is 2.00 bits per heavy atom. The van der Waals surface area contributed by atoms with E-state index in [-0.39, 0.29) is 0 Å². The number of halogens is 1. The third-order valence-electron chi connectivity index (χ3n) is 0.383. The molecule has 0 aromatic heterocycles. The van der Waals surface area contributed by atoms with Crippen molar-refractivity contribution >= 4 is 20.6 Å². The molecular formula is C7H12BrN. The summed E-state index contributed by atoms with van der Waals surface area (Å²) in [6.45, 7) is 10.8. The molecule has 2 heteroatoms. The van der Waals surface area contributed by atoms with Crippen LogP contribution in [0.25, 0.3) is 0 Å². The van der Waals surface area contributed by atoms with E-state index in [1.165, 1.54) is 6.20 Å². The summed E-state index contributed by atoms with van der Waals surface area (Å²) in [5, 5.41) is 0. The van der Waals surface area contributed by atoms with Gasteiger partial charge in [0.25, 0.3) is 0 Å². The minimum absolute atomic E-state index is 0.711. The monoisotopic (exact) mass is 189 g/mol. The van der Waals surface area contributed by atoms with Crippen LogP contribution in [-0.4, -0.2) is 4.62 Å². The molecule has 0 heterocycles. The summed E-state index contributed by atoms with van der Waals surface area (Å²) in [5.74, 6) is 0. The van der Waals surface area contributed by atoms with Crippen molar-refractivity contribution < 1.29 is 0 Å². The third-order valence-corrected chi connectivity index (χ3v) is 0.912. The molecule has 52 valence electrons. The van der Waals surface area contributed by atoms with Crippen LogP contribution in [0, 0.1) is 0 Å². The Morgan fingerprint density at radius 2 is 1.89 bits per heavy atom. The van der Waals surface area contributed by atoms with Crippen molar-refractivity contribution in [2.45, 2.75) is 13.8 Å². The zero-order valence-corrected chi connectivity index (χ0v) is 7.48. The van der Waals surface area contributed by atoms with E-state index >= 15 is 0 Å². The van der Waals surface area contributed by atoms with E-state index in [2.05, 4.69) is 34.1 Å². The molecule has 0 fully saturated rings. The van der Waals surface area contributed by atoms with Gasteiger partial charge in [-0.25, -0.2) is 0 Å². The fraction of sp³-hybridized carbons (Fsp3) is 0.286. The number of nitrogens with zero attached hydrogens (tertiary/aromatic N) is 1. The van der Waals surface area contributed by atoms with E-state index in [9.17, 15) is 0 Å². The Balaban J connectivity index is 0. The molecule has 0 aliphatic rings. The lowest BCUT2D eigenvalue weighted by atomic mass is 10.7. The zero-order valence-electron chi connectivity index (χ0n) is 5.89. The largest absolute Gasteiger partial charge is 0.250 e. The van der Waals surface area contributed by atoms with E-state index in [1.54, 1.807) is 6.08 Å². The normalized spacial score (nSPS) is 9.00. The molecule has 0 aromatic rings. The summed E-state index contributed by atoms with van der Waals surface area (Å²) in [5.41, 5.74) is 0. The first kappa shape index (κ1) is 11.4. The molecular weight excluding hydrogens is 178 g/mol. The van der Waals surface area contributed by atoms with Crippen LogP contribution in [0.15, 0.2) is 30.4 Å². The van der Waals surface area contributed by atoms with Crippen molar-refractivity contribution in [3.8, 4) is 0 Å². The van der Waals surface area contributed by atoms with Crippen LogP contribution >= 0.6 is 15.9 Å². The van der Waals surface area contributed by atoms with Crippen LogP contribution in [0.5, 0.6) is 0 Å². The second-order valence-electron chi connectivity index (χ2n) is 0.839. The maximum Gasteiger partial charge on any atom is 0.105 e. The van der Waals surface area contributed by atoms with E-state index in [0.717, 1.165) is 0 Å². The van der Waals surface area contributed by atoms with Crippen molar-refractivity contribution in [3.63, 3.8) is 0 Å². The Labute approximate surface area is 65.3 Å². The van der Waals surface area contributed by atoms with Crippen LogP contribution < -0.4 is 0 Å². The van der Waals surface area contributed by atoms with Crippen molar-refractivity contribution in [2.75, 3.05) is 0 Å². The lowest BCUT2D eigenvalue weighted by Gasteiger charge is -1.76. The van der Waals surface area contributed by atoms with Gasteiger partial charge in [-0.15, -0.1) is 0 Å². The fourth-order valence-corrected chi connectivity index (χ4v) is 0.285. The van der Waals surface area contributed by atoms with E-state index in [4.69, 9.17) is 0 Å². The summed E-state index contributed by atoms with van der Waals surface area (Å²) < 4.78 is 0.711. The number of hydrogen-bond acceptors (Lipinski definition) is 1. The minimum atomic E-state index is 0.711. The highest BCUT2D eigenvalue weighted by Crippen LogP contribution is 1.88. The Hall–Kier alpha value is -0.370. The highest BCUT2D eigenvalue weighted by molar-refractivity contribution is 9.18.